The molecule has 1 amide bonds. The molecule has 2 aromatic rings. The van der Waals surface area contributed by atoms with Crippen LogP contribution in [0.4, 0.5) is 0 Å². The summed E-state index contributed by atoms with van der Waals surface area (Å²) in [6.45, 7) is 3.07. The number of ether oxygens (including phenoxy) is 1. The van der Waals surface area contributed by atoms with E-state index in [1.807, 2.05) is 12.1 Å². The van der Waals surface area contributed by atoms with E-state index in [0.717, 1.165) is 30.6 Å². The molecule has 7 nitrogen and oxygen atoms in total. The van der Waals surface area contributed by atoms with Crippen molar-refractivity contribution in [2.75, 3.05) is 6.54 Å². The second-order valence-electron chi connectivity index (χ2n) is 6.66. The van der Waals surface area contributed by atoms with Crippen LogP contribution in [0.3, 0.4) is 0 Å². The quantitative estimate of drug-likeness (QED) is 0.628. The predicted molar refractivity (Wildman–Crippen MR) is 102 cm³/mol. The van der Waals surface area contributed by atoms with Crippen molar-refractivity contribution >= 4 is 17.7 Å². The lowest BCUT2D eigenvalue weighted by atomic mass is 9.98. The summed E-state index contributed by atoms with van der Waals surface area (Å²) in [5, 5.41) is 15.2. The molecule has 1 aliphatic rings. The lowest BCUT2D eigenvalue weighted by Crippen LogP contribution is -2.48. The molecule has 1 heterocycles. The van der Waals surface area contributed by atoms with Crippen molar-refractivity contribution < 1.29 is 24.2 Å². The summed E-state index contributed by atoms with van der Waals surface area (Å²) in [4.78, 5) is 36.6. The summed E-state index contributed by atoms with van der Waals surface area (Å²) in [5.74, 6) is -2.29. The van der Waals surface area contributed by atoms with Gasteiger partial charge in [-0.25, -0.2) is 4.79 Å². The average Bonchev–Trinajstić information content (AvgIpc) is 2.71. The highest BCUT2D eigenvalue weighted by Gasteiger charge is 2.33. The van der Waals surface area contributed by atoms with Crippen molar-refractivity contribution in [3.05, 3.63) is 65.2 Å². The number of rotatable bonds is 7. The van der Waals surface area contributed by atoms with Gasteiger partial charge in [-0.3, -0.25) is 9.59 Å². The first-order valence-corrected chi connectivity index (χ1v) is 9.07. The highest BCUT2D eigenvalue weighted by molar-refractivity contribution is 6.06. The van der Waals surface area contributed by atoms with E-state index >= 15 is 0 Å². The highest BCUT2D eigenvalue weighted by atomic mass is 16.5. The Labute approximate surface area is 162 Å². The van der Waals surface area contributed by atoms with Gasteiger partial charge in [0.25, 0.3) is 12.0 Å². The van der Waals surface area contributed by atoms with Gasteiger partial charge in [-0.1, -0.05) is 24.3 Å². The first-order chi connectivity index (χ1) is 13.5. The summed E-state index contributed by atoms with van der Waals surface area (Å²) in [6.07, 6.45) is -0.871. The van der Waals surface area contributed by atoms with E-state index in [4.69, 9.17) is 4.74 Å². The maximum absolute atomic E-state index is 12.6. The fourth-order valence-electron chi connectivity index (χ4n) is 3.06. The fourth-order valence-corrected chi connectivity index (χ4v) is 3.06. The van der Waals surface area contributed by atoms with Crippen LogP contribution < -0.4 is 15.4 Å². The van der Waals surface area contributed by atoms with E-state index in [1.165, 1.54) is 6.92 Å². The Hall–Kier alpha value is -3.19. The first kappa shape index (κ1) is 19.6. The number of benzene rings is 2. The second-order valence-corrected chi connectivity index (χ2v) is 6.66. The number of Topliss-reactive ketones (excluding diaryl/α,β-unsaturated/α-hetero) is 1. The molecule has 0 aliphatic carbocycles. The van der Waals surface area contributed by atoms with Crippen LogP contribution >= 0.6 is 0 Å². The minimum absolute atomic E-state index is 0.269. The number of ketones is 1. The van der Waals surface area contributed by atoms with Crippen LogP contribution in [0.15, 0.2) is 48.5 Å². The van der Waals surface area contributed by atoms with Crippen molar-refractivity contribution in [3.8, 4) is 5.75 Å². The summed E-state index contributed by atoms with van der Waals surface area (Å²) >= 11 is 0. The van der Waals surface area contributed by atoms with Crippen LogP contribution in [0.25, 0.3) is 0 Å². The minimum atomic E-state index is -1.70. The number of para-hydroxylation sites is 1. The number of carbonyl (C=O) groups is 3. The zero-order chi connectivity index (χ0) is 20.1. The zero-order valence-corrected chi connectivity index (χ0v) is 15.5. The number of hydrogen-bond donors (Lipinski definition) is 3. The van der Waals surface area contributed by atoms with Gasteiger partial charge < -0.3 is 20.5 Å². The molecule has 2 aromatic carbocycles. The summed E-state index contributed by atoms with van der Waals surface area (Å²) in [7, 11) is 0. The monoisotopic (exact) mass is 382 g/mol. The largest absolute Gasteiger partial charge is 0.478 e. The molecule has 28 heavy (non-hydrogen) atoms. The molecule has 2 atom stereocenters. The third-order valence-corrected chi connectivity index (χ3v) is 4.61. The summed E-state index contributed by atoms with van der Waals surface area (Å²) in [6, 6.07) is 12.6. The predicted octanol–water partition coefficient (Wildman–Crippen LogP) is 1.55. The molecule has 0 saturated heterocycles. The lowest BCUT2D eigenvalue weighted by molar-refractivity contribution is -0.150. The van der Waals surface area contributed by atoms with Gasteiger partial charge in [0.05, 0.1) is 6.04 Å². The SMILES string of the molecule is CC(NC(=O)c1ccc2c(c1)CCNC2)C(=O)C(Oc1ccccc1)C(=O)O. The molecule has 0 spiro atoms. The minimum Gasteiger partial charge on any atom is -0.478 e. The number of aliphatic carboxylic acids is 1. The van der Waals surface area contributed by atoms with E-state index in [2.05, 4.69) is 10.6 Å². The van der Waals surface area contributed by atoms with Crippen molar-refractivity contribution in [3.63, 3.8) is 0 Å². The van der Waals surface area contributed by atoms with Crippen LogP contribution in [-0.4, -0.2) is 41.5 Å². The Morgan fingerprint density at radius 2 is 1.86 bits per heavy atom. The molecule has 146 valence electrons. The third kappa shape index (κ3) is 4.55. The normalized spacial score (nSPS) is 15.0. The Morgan fingerprint density at radius 3 is 2.57 bits per heavy atom. The highest BCUT2D eigenvalue weighted by Crippen LogP contribution is 2.16. The topological polar surface area (TPSA) is 105 Å². The smallest absolute Gasteiger partial charge is 0.352 e. The van der Waals surface area contributed by atoms with Gasteiger partial charge in [0.1, 0.15) is 5.75 Å². The standard InChI is InChI=1S/C21H22N2O5/c1-13(18(24)19(21(26)27)28-17-5-3-2-4-6-17)23-20(25)15-7-8-16-12-22-10-9-14(16)11-15/h2-8,11,13,19,22H,9-10,12H2,1H3,(H,23,25)(H,26,27). The Kier molecular flexibility index (Phi) is 6.06. The maximum atomic E-state index is 12.6. The van der Waals surface area contributed by atoms with E-state index in [0.29, 0.717) is 5.56 Å². The molecular weight excluding hydrogens is 360 g/mol. The molecule has 7 heteroatoms. The molecule has 0 bridgehead atoms. The lowest BCUT2D eigenvalue weighted by Gasteiger charge is -2.20. The molecule has 3 N–H and O–H groups in total. The molecule has 1 aliphatic heterocycles. The number of amides is 1. The summed E-state index contributed by atoms with van der Waals surface area (Å²) < 4.78 is 5.31. The molecule has 0 saturated carbocycles. The summed E-state index contributed by atoms with van der Waals surface area (Å²) in [5.41, 5.74) is 2.69. The van der Waals surface area contributed by atoms with Gasteiger partial charge in [-0.2, -0.15) is 0 Å². The second kappa shape index (κ2) is 8.67. The van der Waals surface area contributed by atoms with Crippen molar-refractivity contribution in [1.29, 1.82) is 0 Å². The van der Waals surface area contributed by atoms with E-state index < -0.39 is 29.8 Å². The van der Waals surface area contributed by atoms with E-state index in [9.17, 15) is 19.5 Å². The van der Waals surface area contributed by atoms with Gasteiger partial charge in [-0.05, 0) is 55.3 Å². The molecule has 0 aromatic heterocycles. The van der Waals surface area contributed by atoms with Crippen LogP contribution in [0.1, 0.15) is 28.4 Å². The van der Waals surface area contributed by atoms with Crippen LogP contribution in [0.5, 0.6) is 5.75 Å². The number of carbonyl (C=O) groups excluding carboxylic acids is 2. The maximum Gasteiger partial charge on any atom is 0.352 e. The van der Waals surface area contributed by atoms with Gasteiger partial charge >= 0.3 is 5.97 Å². The number of nitrogens with one attached hydrogen (secondary N) is 2. The van der Waals surface area contributed by atoms with Crippen LogP contribution in [0, 0.1) is 0 Å². The Balaban J connectivity index is 1.68. The molecular formula is C21H22N2O5. The van der Waals surface area contributed by atoms with Gasteiger partial charge in [-0.15, -0.1) is 0 Å². The van der Waals surface area contributed by atoms with E-state index in [-0.39, 0.29) is 5.75 Å². The van der Waals surface area contributed by atoms with E-state index in [1.54, 1.807) is 36.4 Å². The van der Waals surface area contributed by atoms with Crippen molar-refractivity contribution in [1.82, 2.24) is 10.6 Å². The van der Waals surface area contributed by atoms with Crippen LogP contribution in [0.2, 0.25) is 0 Å². The third-order valence-electron chi connectivity index (χ3n) is 4.61. The number of hydrogen-bond acceptors (Lipinski definition) is 5. The molecule has 0 radical (unpaired) electrons. The Morgan fingerprint density at radius 1 is 1.11 bits per heavy atom. The first-order valence-electron chi connectivity index (χ1n) is 9.07. The number of fused-ring (bicyclic) bond motifs is 1. The van der Waals surface area contributed by atoms with Gasteiger partial charge in [0.15, 0.2) is 0 Å². The molecule has 0 fully saturated rings. The number of carboxylic acids is 1. The molecule has 2 unspecified atom stereocenters. The van der Waals surface area contributed by atoms with Crippen molar-refractivity contribution in [2.45, 2.75) is 32.0 Å². The zero-order valence-electron chi connectivity index (χ0n) is 15.5. The van der Waals surface area contributed by atoms with Crippen molar-refractivity contribution in [2.24, 2.45) is 0 Å². The van der Waals surface area contributed by atoms with Crippen LogP contribution in [-0.2, 0) is 22.6 Å². The Bertz CT molecular complexity index is 882. The van der Waals surface area contributed by atoms with Gasteiger partial charge in [0.2, 0.25) is 5.78 Å². The average molecular weight is 382 g/mol. The van der Waals surface area contributed by atoms with Gasteiger partial charge in [0, 0.05) is 12.1 Å². The number of carboxylic acid groups (broad SMARTS) is 1. The molecule has 3 rings (SSSR count). The fraction of sp³-hybridized carbons (Fsp3) is 0.286.